The van der Waals surface area contributed by atoms with Gasteiger partial charge in [0.25, 0.3) is 0 Å². The molecule has 0 radical (unpaired) electrons. The molecule has 1 unspecified atom stereocenters. The van der Waals surface area contributed by atoms with Gasteiger partial charge in [0.1, 0.15) is 0 Å². The van der Waals surface area contributed by atoms with E-state index in [-0.39, 0.29) is 24.1 Å². The summed E-state index contributed by atoms with van der Waals surface area (Å²) in [5.41, 5.74) is 8.10. The summed E-state index contributed by atoms with van der Waals surface area (Å²) in [6.45, 7) is 0.193. The molecule has 3 aromatic rings. The maximum atomic E-state index is 12.8. The number of imidazole rings is 1. The van der Waals surface area contributed by atoms with E-state index in [9.17, 15) is 8.78 Å². The molecule has 3 heterocycles. The summed E-state index contributed by atoms with van der Waals surface area (Å²) in [7, 11) is 0. The number of hydrogen-bond donors (Lipinski definition) is 2. The van der Waals surface area contributed by atoms with Crippen molar-refractivity contribution in [3.05, 3.63) is 35.9 Å². The van der Waals surface area contributed by atoms with E-state index in [1.807, 2.05) is 16.7 Å². The van der Waals surface area contributed by atoms with E-state index in [0.29, 0.717) is 41.7 Å². The number of alkyl halides is 2. The molecule has 2 aliphatic heterocycles. The van der Waals surface area contributed by atoms with Crippen molar-refractivity contribution in [2.45, 2.75) is 26.1 Å². The third-order valence-electron chi connectivity index (χ3n) is 5.09. The van der Waals surface area contributed by atoms with Gasteiger partial charge in [0.2, 0.25) is 5.95 Å². The number of aromatic nitrogens is 2. The van der Waals surface area contributed by atoms with Crippen molar-refractivity contribution in [1.82, 2.24) is 9.55 Å². The van der Waals surface area contributed by atoms with Gasteiger partial charge >= 0.3 is 6.61 Å². The average molecular weight is 445 g/mol. The van der Waals surface area contributed by atoms with Crippen molar-refractivity contribution in [1.29, 1.82) is 0 Å². The largest absolute Gasteiger partial charge is 0.490 e. The van der Waals surface area contributed by atoms with Gasteiger partial charge in [-0.25, -0.2) is 9.98 Å². The van der Waals surface area contributed by atoms with Gasteiger partial charge in [0.15, 0.2) is 35.1 Å². The molecule has 0 saturated carbocycles. The molecule has 2 aliphatic rings. The van der Waals surface area contributed by atoms with Crippen LogP contribution in [0.1, 0.15) is 25.1 Å². The van der Waals surface area contributed by atoms with Crippen LogP contribution in [0, 0.1) is 0 Å². The minimum atomic E-state index is -2.96. The Morgan fingerprint density at radius 2 is 1.97 bits per heavy atom. The zero-order valence-corrected chi connectivity index (χ0v) is 17.2. The van der Waals surface area contributed by atoms with Crippen molar-refractivity contribution in [3.8, 4) is 23.0 Å². The molecule has 168 valence electrons. The van der Waals surface area contributed by atoms with Crippen molar-refractivity contribution < 1.29 is 27.7 Å². The van der Waals surface area contributed by atoms with Gasteiger partial charge in [-0.05, 0) is 19.1 Å². The van der Waals surface area contributed by atoms with Crippen molar-refractivity contribution in [3.63, 3.8) is 0 Å². The predicted octanol–water partition coefficient (Wildman–Crippen LogP) is 3.48. The number of ether oxygens (including phenoxy) is 4. The first-order chi connectivity index (χ1) is 15.5. The molecule has 9 nitrogen and oxygen atoms in total. The number of rotatable bonds is 5. The number of nitrogens with zero attached hydrogens (tertiary/aromatic N) is 3. The Morgan fingerprint density at radius 1 is 1.19 bits per heavy atom. The fraction of sp³-hybridized carbons (Fsp3) is 0.333. The Balaban J connectivity index is 1.63. The average Bonchev–Trinajstić information content (AvgIpc) is 2.94. The fourth-order valence-corrected chi connectivity index (χ4v) is 3.79. The number of fused-ring (bicyclic) bond motifs is 4. The summed E-state index contributed by atoms with van der Waals surface area (Å²) in [5, 5.41) is 2.97. The number of guanidine groups is 1. The van der Waals surface area contributed by atoms with Crippen LogP contribution in [0.4, 0.5) is 14.7 Å². The van der Waals surface area contributed by atoms with Gasteiger partial charge < -0.3 is 24.7 Å². The maximum absolute atomic E-state index is 12.8. The van der Waals surface area contributed by atoms with Gasteiger partial charge in [-0.3, -0.25) is 9.88 Å². The highest BCUT2D eigenvalue weighted by atomic mass is 19.3. The molecule has 2 aromatic carbocycles. The molecule has 0 saturated heterocycles. The standard InChI is InChI=1S/C21H21F2N5O4/c1-2-29-15-8-11(4-5-14(15)32-19(22)23)18-26-20(24)27-21-25-12-9-16-17(10-13(12)28(18)21)31-7-3-6-30-16/h4-5,8-10,18-19H,2-3,6-7H2,1H3,(H3,24,25,26,27). The molecule has 0 bridgehead atoms. The highest BCUT2D eigenvalue weighted by Crippen LogP contribution is 2.40. The smallest absolute Gasteiger partial charge is 0.387 e. The Hall–Kier alpha value is -3.76. The second-order valence-corrected chi connectivity index (χ2v) is 7.17. The Labute approximate surface area is 181 Å². The molecule has 32 heavy (non-hydrogen) atoms. The third-order valence-corrected chi connectivity index (χ3v) is 5.09. The normalized spacial score (nSPS) is 17.4. The number of anilines is 1. The van der Waals surface area contributed by atoms with Crippen molar-refractivity contribution in [2.75, 3.05) is 25.1 Å². The molecule has 0 aliphatic carbocycles. The van der Waals surface area contributed by atoms with Gasteiger partial charge in [-0.2, -0.15) is 8.78 Å². The summed E-state index contributed by atoms with van der Waals surface area (Å²) in [6, 6.07) is 8.37. The van der Waals surface area contributed by atoms with E-state index >= 15 is 0 Å². The lowest BCUT2D eigenvalue weighted by atomic mass is 10.1. The van der Waals surface area contributed by atoms with E-state index in [0.717, 1.165) is 11.9 Å². The minimum Gasteiger partial charge on any atom is -0.490 e. The first kappa shape index (κ1) is 20.2. The van der Waals surface area contributed by atoms with E-state index < -0.39 is 12.8 Å². The van der Waals surface area contributed by atoms with Gasteiger partial charge in [0, 0.05) is 24.1 Å². The van der Waals surface area contributed by atoms with Crippen LogP contribution in [0.25, 0.3) is 11.0 Å². The summed E-state index contributed by atoms with van der Waals surface area (Å²) in [4.78, 5) is 9.16. The van der Waals surface area contributed by atoms with Gasteiger partial charge in [-0.1, -0.05) is 6.07 Å². The number of nitrogens with two attached hydrogens (primary N) is 1. The lowest BCUT2D eigenvalue weighted by Gasteiger charge is -2.24. The molecule has 0 amide bonds. The van der Waals surface area contributed by atoms with Crippen LogP contribution in [-0.4, -0.2) is 41.9 Å². The molecule has 1 atom stereocenters. The lowest BCUT2D eigenvalue weighted by Crippen LogP contribution is -2.31. The number of halogens is 2. The fourth-order valence-electron chi connectivity index (χ4n) is 3.79. The second kappa shape index (κ2) is 8.06. The molecular formula is C21H21F2N5O4. The van der Waals surface area contributed by atoms with Crippen LogP contribution in [0.15, 0.2) is 35.3 Å². The predicted molar refractivity (Wildman–Crippen MR) is 113 cm³/mol. The van der Waals surface area contributed by atoms with Crippen LogP contribution in [0.2, 0.25) is 0 Å². The highest BCUT2D eigenvalue weighted by Gasteiger charge is 2.28. The molecule has 11 heteroatoms. The van der Waals surface area contributed by atoms with Crippen LogP contribution < -0.4 is 30.0 Å². The maximum Gasteiger partial charge on any atom is 0.387 e. The lowest BCUT2D eigenvalue weighted by molar-refractivity contribution is -0.0514. The molecule has 1 aromatic heterocycles. The van der Waals surface area contributed by atoms with E-state index in [4.69, 9.17) is 19.9 Å². The number of benzene rings is 2. The van der Waals surface area contributed by atoms with Crippen LogP contribution in [-0.2, 0) is 0 Å². The number of hydrogen-bond acceptors (Lipinski definition) is 8. The Kier molecular flexibility index (Phi) is 5.08. The van der Waals surface area contributed by atoms with E-state index in [2.05, 4.69) is 20.0 Å². The monoisotopic (exact) mass is 445 g/mol. The Morgan fingerprint density at radius 3 is 2.72 bits per heavy atom. The van der Waals surface area contributed by atoms with Crippen LogP contribution >= 0.6 is 0 Å². The second-order valence-electron chi connectivity index (χ2n) is 7.17. The van der Waals surface area contributed by atoms with Crippen LogP contribution in [0.3, 0.4) is 0 Å². The first-order valence-corrected chi connectivity index (χ1v) is 10.2. The van der Waals surface area contributed by atoms with Crippen molar-refractivity contribution >= 4 is 22.9 Å². The number of aliphatic imine (C=N–C) groups is 1. The van der Waals surface area contributed by atoms with Gasteiger partial charge in [0.05, 0.1) is 30.9 Å². The quantitative estimate of drug-likeness (QED) is 0.619. The molecule has 5 rings (SSSR count). The Bertz CT molecular complexity index is 1200. The topological polar surface area (TPSA) is 105 Å². The summed E-state index contributed by atoms with van der Waals surface area (Å²) >= 11 is 0. The zero-order valence-electron chi connectivity index (χ0n) is 17.2. The molecule has 3 N–H and O–H groups in total. The minimum absolute atomic E-state index is 0.0527. The molecule has 0 fully saturated rings. The molecular weight excluding hydrogens is 424 g/mol. The third kappa shape index (κ3) is 3.59. The van der Waals surface area contributed by atoms with Gasteiger partial charge in [-0.15, -0.1) is 0 Å². The zero-order chi connectivity index (χ0) is 22.2. The highest BCUT2D eigenvalue weighted by molar-refractivity contribution is 5.95. The van der Waals surface area contributed by atoms with E-state index in [1.54, 1.807) is 19.1 Å². The van der Waals surface area contributed by atoms with E-state index in [1.165, 1.54) is 6.07 Å². The molecule has 0 spiro atoms. The summed E-state index contributed by atoms with van der Waals surface area (Å²) < 4.78 is 49.1. The first-order valence-electron chi connectivity index (χ1n) is 10.2. The van der Waals surface area contributed by atoms with Crippen molar-refractivity contribution in [2.24, 2.45) is 10.7 Å². The van der Waals surface area contributed by atoms with Crippen LogP contribution in [0.5, 0.6) is 23.0 Å². The number of nitrogens with one attached hydrogen (secondary N) is 1. The summed E-state index contributed by atoms with van der Waals surface area (Å²) in [5.74, 6) is 2.05. The summed E-state index contributed by atoms with van der Waals surface area (Å²) in [6.07, 6.45) is 0.177. The SMILES string of the molecule is CCOc1cc(C2N=C(N)Nc3nc4cc5c(cc4n32)OCCCO5)ccc1OC(F)F.